The van der Waals surface area contributed by atoms with Crippen LogP contribution in [0.1, 0.15) is 12.5 Å². The van der Waals surface area contributed by atoms with Gasteiger partial charge in [0.05, 0.1) is 5.75 Å². The van der Waals surface area contributed by atoms with Gasteiger partial charge in [-0.15, -0.1) is 10.2 Å². The molecule has 4 rings (SSSR count). The maximum atomic E-state index is 12.2. The van der Waals surface area contributed by atoms with Gasteiger partial charge in [0.1, 0.15) is 0 Å². The molecular formula is C19H19N5O3S. The van der Waals surface area contributed by atoms with E-state index in [0.29, 0.717) is 24.0 Å². The van der Waals surface area contributed by atoms with Gasteiger partial charge in [0.25, 0.3) is 0 Å². The van der Waals surface area contributed by atoms with Crippen LogP contribution in [0, 0.1) is 0 Å². The van der Waals surface area contributed by atoms with Crippen LogP contribution in [0.25, 0.3) is 11.4 Å². The Hall–Kier alpha value is -3.07. The number of pyridine rings is 1. The summed E-state index contributed by atoms with van der Waals surface area (Å²) in [5.41, 5.74) is 1.86. The number of hydrogen-bond donors (Lipinski definition) is 1. The van der Waals surface area contributed by atoms with Crippen molar-refractivity contribution in [2.75, 3.05) is 12.5 Å². The number of benzene rings is 1. The zero-order valence-electron chi connectivity index (χ0n) is 15.3. The number of ether oxygens (including phenoxy) is 2. The van der Waals surface area contributed by atoms with Crippen LogP contribution in [0.5, 0.6) is 11.5 Å². The Kier molecular flexibility index (Phi) is 5.43. The van der Waals surface area contributed by atoms with E-state index in [2.05, 4.69) is 20.5 Å². The largest absolute Gasteiger partial charge is 0.454 e. The molecule has 0 unspecified atom stereocenters. The summed E-state index contributed by atoms with van der Waals surface area (Å²) >= 11 is 1.36. The molecule has 0 saturated carbocycles. The summed E-state index contributed by atoms with van der Waals surface area (Å²) in [4.78, 5) is 16.4. The molecule has 1 amide bonds. The van der Waals surface area contributed by atoms with Crippen LogP contribution >= 0.6 is 11.8 Å². The molecule has 2 aromatic heterocycles. The number of nitrogens with zero attached hydrogens (tertiary/aromatic N) is 4. The number of hydrogen-bond acceptors (Lipinski definition) is 7. The van der Waals surface area contributed by atoms with E-state index in [9.17, 15) is 4.79 Å². The summed E-state index contributed by atoms with van der Waals surface area (Å²) in [6.07, 6.45) is 3.47. The average Bonchev–Trinajstić information content (AvgIpc) is 3.37. The predicted octanol–water partition coefficient (Wildman–Crippen LogP) is 2.50. The first-order valence-corrected chi connectivity index (χ1v) is 9.84. The number of aromatic nitrogens is 4. The lowest BCUT2D eigenvalue weighted by atomic mass is 10.2. The second-order valence-electron chi connectivity index (χ2n) is 6.05. The van der Waals surface area contributed by atoms with Crippen LogP contribution in [0.2, 0.25) is 0 Å². The Morgan fingerprint density at radius 3 is 2.96 bits per heavy atom. The third-order valence-electron chi connectivity index (χ3n) is 4.21. The van der Waals surface area contributed by atoms with Crippen LogP contribution in [0.4, 0.5) is 0 Å². The zero-order chi connectivity index (χ0) is 19.3. The van der Waals surface area contributed by atoms with Crippen molar-refractivity contribution in [1.29, 1.82) is 0 Å². The molecule has 144 valence electrons. The smallest absolute Gasteiger partial charge is 0.231 e. The number of fused-ring (bicyclic) bond motifs is 1. The highest BCUT2D eigenvalue weighted by Gasteiger charge is 2.16. The number of amides is 1. The Bertz CT molecular complexity index is 977. The van der Waals surface area contributed by atoms with Gasteiger partial charge in [0.15, 0.2) is 22.5 Å². The Labute approximate surface area is 166 Å². The molecule has 0 saturated heterocycles. The fraction of sp³-hybridized carbons (Fsp3) is 0.263. The quantitative estimate of drug-likeness (QED) is 0.613. The summed E-state index contributed by atoms with van der Waals surface area (Å²) in [6.45, 7) is 3.39. The van der Waals surface area contributed by atoms with Crippen LogP contribution in [-0.2, 0) is 17.9 Å². The molecule has 1 aliphatic heterocycles. The van der Waals surface area contributed by atoms with Crippen molar-refractivity contribution < 1.29 is 14.3 Å². The molecule has 28 heavy (non-hydrogen) atoms. The minimum atomic E-state index is -0.0729. The topological polar surface area (TPSA) is 91.2 Å². The Morgan fingerprint density at radius 2 is 2.14 bits per heavy atom. The molecule has 9 heteroatoms. The average molecular weight is 397 g/mol. The molecule has 8 nitrogen and oxygen atoms in total. The number of carbonyl (C=O) groups is 1. The third kappa shape index (κ3) is 3.94. The summed E-state index contributed by atoms with van der Waals surface area (Å²) in [6, 6.07) is 9.44. The fourth-order valence-corrected chi connectivity index (χ4v) is 3.65. The van der Waals surface area contributed by atoms with E-state index in [1.807, 2.05) is 41.8 Å². The molecule has 3 aromatic rings. The van der Waals surface area contributed by atoms with Crippen molar-refractivity contribution in [3.8, 4) is 22.9 Å². The van der Waals surface area contributed by atoms with Crippen molar-refractivity contribution in [3.63, 3.8) is 0 Å². The molecule has 1 aromatic carbocycles. The van der Waals surface area contributed by atoms with Gasteiger partial charge in [0.2, 0.25) is 12.7 Å². The molecule has 0 fully saturated rings. The first kappa shape index (κ1) is 18.3. The van der Waals surface area contributed by atoms with E-state index in [-0.39, 0.29) is 18.5 Å². The summed E-state index contributed by atoms with van der Waals surface area (Å²) in [7, 11) is 0. The van der Waals surface area contributed by atoms with Gasteiger partial charge in [-0.1, -0.05) is 17.8 Å². The Morgan fingerprint density at radius 1 is 1.25 bits per heavy atom. The van der Waals surface area contributed by atoms with Gasteiger partial charge < -0.3 is 19.4 Å². The fourth-order valence-electron chi connectivity index (χ4n) is 2.82. The number of nitrogens with one attached hydrogen (secondary N) is 1. The minimum absolute atomic E-state index is 0.0729. The molecule has 3 heterocycles. The predicted molar refractivity (Wildman–Crippen MR) is 104 cm³/mol. The van der Waals surface area contributed by atoms with Gasteiger partial charge in [-0.3, -0.25) is 9.78 Å². The van der Waals surface area contributed by atoms with Crippen molar-refractivity contribution in [1.82, 2.24) is 25.1 Å². The maximum absolute atomic E-state index is 12.2. The number of thioether (sulfide) groups is 1. The normalized spacial score (nSPS) is 12.2. The van der Waals surface area contributed by atoms with Crippen molar-refractivity contribution in [2.24, 2.45) is 0 Å². The lowest BCUT2D eigenvalue weighted by Crippen LogP contribution is -2.24. The van der Waals surface area contributed by atoms with Crippen molar-refractivity contribution >= 4 is 17.7 Å². The van der Waals surface area contributed by atoms with E-state index < -0.39 is 0 Å². The molecule has 0 bridgehead atoms. The van der Waals surface area contributed by atoms with E-state index in [0.717, 1.165) is 22.7 Å². The van der Waals surface area contributed by atoms with E-state index in [1.54, 1.807) is 12.4 Å². The standard InChI is InChI=1S/C19H19N5O3S/c1-2-24-18(14-4-3-7-20-10-14)22-23-19(24)28-11-17(25)21-9-13-5-6-15-16(8-13)27-12-26-15/h3-8,10H,2,9,11-12H2,1H3,(H,21,25). The summed E-state index contributed by atoms with van der Waals surface area (Å²) in [5, 5.41) is 12.1. The molecule has 0 aliphatic carbocycles. The van der Waals surface area contributed by atoms with Crippen LogP contribution in [-0.4, -0.2) is 38.2 Å². The van der Waals surface area contributed by atoms with E-state index >= 15 is 0 Å². The van der Waals surface area contributed by atoms with Crippen molar-refractivity contribution in [2.45, 2.75) is 25.2 Å². The third-order valence-corrected chi connectivity index (χ3v) is 5.18. The van der Waals surface area contributed by atoms with Gasteiger partial charge in [-0.2, -0.15) is 0 Å². The van der Waals surface area contributed by atoms with Gasteiger partial charge >= 0.3 is 0 Å². The summed E-state index contributed by atoms with van der Waals surface area (Å²) < 4.78 is 12.6. The number of carbonyl (C=O) groups excluding carboxylic acids is 1. The zero-order valence-corrected chi connectivity index (χ0v) is 16.1. The first-order chi connectivity index (χ1) is 13.7. The van der Waals surface area contributed by atoms with Gasteiger partial charge in [0, 0.05) is 31.0 Å². The minimum Gasteiger partial charge on any atom is -0.454 e. The molecule has 1 N–H and O–H groups in total. The highest BCUT2D eigenvalue weighted by atomic mass is 32.2. The highest BCUT2D eigenvalue weighted by molar-refractivity contribution is 7.99. The van der Waals surface area contributed by atoms with Gasteiger partial charge in [-0.25, -0.2) is 0 Å². The highest BCUT2D eigenvalue weighted by Crippen LogP contribution is 2.32. The van der Waals surface area contributed by atoms with Crippen LogP contribution in [0.15, 0.2) is 47.9 Å². The van der Waals surface area contributed by atoms with E-state index in [1.165, 1.54) is 11.8 Å². The first-order valence-electron chi connectivity index (χ1n) is 8.86. The van der Waals surface area contributed by atoms with Gasteiger partial charge in [-0.05, 0) is 36.8 Å². The Balaban J connectivity index is 1.34. The molecule has 0 spiro atoms. The second kappa shape index (κ2) is 8.30. The molecule has 0 atom stereocenters. The van der Waals surface area contributed by atoms with Crippen molar-refractivity contribution in [3.05, 3.63) is 48.3 Å². The SMILES string of the molecule is CCn1c(SCC(=O)NCc2ccc3c(c2)OCO3)nnc1-c1cccnc1. The van der Waals surface area contributed by atoms with E-state index in [4.69, 9.17) is 9.47 Å². The van der Waals surface area contributed by atoms with Crippen LogP contribution in [0.3, 0.4) is 0 Å². The monoisotopic (exact) mass is 397 g/mol. The number of rotatable bonds is 7. The second-order valence-corrected chi connectivity index (χ2v) is 6.99. The molecular weight excluding hydrogens is 378 g/mol. The maximum Gasteiger partial charge on any atom is 0.231 e. The lowest BCUT2D eigenvalue weighted by Gasteiger charge is -2.08. The lowest BCUT2D eigenvalue weighted by molar-refractivity contribution is -0.118. The molecule has 1 aliphatic rings. The van der Waals surface area contributed by atoms with Crippen LogP contribution < -0.4 is 14.8 Å². The summed E-state index contributed by atoms with van der Waals surface area (Å²) in [5.74, 6) is 2.37. The molecule has 0 radical (unpaired) electrons.